The molecule has 0 N–H and O–H groups in total. The van der Waals surface area contributed by atoms with Crippen molar-refractivity contribution in [3.05, 3.63) is 24.2 Å². The number of rotatable bonds is 5. The van der Waals surface area contributed by atoms with Crippen LogP contribution in [0.25, 0.3) is 0 Å². The van der Waals surface area contributed by atoms with E-state index in [0.717, 1.165) is 38.0 Å². The third-order valence-corrected chi connectivity index (χ3v) is 4.02. The van der Waals surface area contributed by atoms with Crippen LogP contribution in [0.4, 0.5) is 4.79 Å². The Balaban J connectivity index is 1.82. The van der Waals surface area contributed by atoms with Gasteiger partial charge in [-0.3, -0.25) is 0 Å². The molecule has 0 spiro atoms. The van der Waals surface area contributed by atoms with Crippen LogP contribution in [-0.4, -0.2) is 35.8 Å². The summed E-state index contributed by atoms with van der Waals surface area (Å²) < 4.78 is 16.7. The van der Waals surface area contributed by atoms with E-state index in [9.17, 15) is 4.79 Å². The van der Waals surface area contributed by atoms with Gasteiger partial charge in [0.05, 0.1) is 6.26 Å². The standard InChI is InChI=1S/C18H29NO4/c1-14(16-9-7-12-22-16)21-13-10-15-8-5-6-11-19(15)17(20)23-18(2,3)4/h7,9,12,14-15H,5-6,8,10-11,13H2,1-4H3/t14-,15-/m0/s1. The molecule has 0 aliphatic carbocycles. The lowest BCUT2D eigenvalue weighted by molar-refractivity contribution is -0.00230. The lowest BCUT2D eigenvalue weighted by Crippen LogP contribution is -2.46. The van der Waals surface area contributed by atoms with E-state index < -0.39 is 5.60 Å². The first-order chi connectivity index (χ1) is 10.9. The van der Waals surface area contributed by atoms with Gasteiger partial charge in [0.15, 0.2) is 0 Å². The zero-order valence-electron chi connectivity index (χ0n) is 14.7. The van der Waals surface area contributed by atoms with Gasteiger partial charge in [-0.05, 0) is 65.5 Å². The van der Waals surface area contributed by atoms with Crippen molar-refractivity contribution < 1.29 is 18.7 Å². The van der Waals surface area contributed by atoms with E-state index in [1.54, 1.807) is 6.26 Å². The van der Waals surface area contributed by atoms with Crippen LogP contribution < -0.4 is 0 Å². The molecule has 0 unspecified atom stereocenters. The molecule has 0 aromatic carbocycles. The number of piperidine rings is 1. The minimum atomic E-state index is -0.455. The Morgan fingerprint density at radius 2 is 2.22 bits per heavy atom. The Morgan fingerprint density at radius 3 is 2.87 bits per heavy atom. The highest BCUT2D eigenvalue weighted by Gasteiger charge is 2.30. The van der Waals surface area contributed by atoms with Gasteiger partial charge in [0.25, 0.3) is 0 Å². The number of ether oxygens (including phenoxy) is 2. The fourth-order valence-electron chi connectivity index (χ4n) is 2.85. The number of likely N-dealkylation sites (tertiary alicyclic amines) is 1. The molecular weight excluding hydrogens is 294 g/mol. The zero-order chi connectivity index (χ0) is 16.9. The van der Waals surface area contributed by atoms with Crippen LogP contribution in [0.2, 0.25) is 0 Å². The van der Waals surface area contributed by atoms with Crippen LogP contribution in [0.3, 0.4) is 0 Å². The van der Waals surface area contributed by atoms with Gasteiger partial charge in [0, 0.05) is 19.2 Å². The first kappa shape index (κ1) is 17.9. The van der Waals surface area contributed by atoms with Crippen molar-refractivity contribution in [3.8, 4) is 0 Å². The number of furan rings is 1. The molecule has 23 heavy (non-hydrogen) atoms. The molecule has 1 aromatic heterocycles. The summed E-state index contributed by atoms with van der Waals surface area (Å²) in [5, 5.41) is 0. The van der Waals surface area contributed by atoms with E-state index in [0.29, 0.717) is 6.61 Å². The van der Waals surface area contributed by atoms with Gasteiger partial charge in [0.1, 0.15) is 17.5 Å². The van der Waals surface area contributed by atoms with Crippen molar-refractivity contribution in [2.75, 3.05) is 13.2 Å². The minimum absolute atomic E-state index is 0.0661. The highest BCUT2D eigenvalue weighted by Crippen LogP contribution is 2.24. The molecule has 0 radical (unpaired) electrons. The van der Waals surface area contributed by atoms with Crippen LogP contribution >= 0.6 is 0 Å². The van der Waals surface area contributed by atoms with Crippen molar-refractivity contribution in [2.45, 2.75) is 71.1 Å². The predicted molar refractivity (Wildman–Crippen MR) is 88.3 cm³/mol. The topological polar surface area (TPSA) is 51.9 Å². The third kappa shape index (κ3) is 5.57. The summed E-state index contributed by atoms with van der Waals surface area (Å²) in [5.74, 6) is 0.831. The summed E-state index contributed by atoms with van der Waals surface area (Å²) in [4.78, 5) is 14.2. The van der Waals surface area contributed by atoms with Crippen molar-refractivity contribution in [3.63, 3.8) is 0 Å². The maximum atomic E-state index is 12.4. The summed E-state index contributed by atoms with van der Waals surface area (Å²) in [5.41, 5.74) is -0.455. The van der Waals surface area contributed by atoms with Gasteiger partial charge in [-0.15, -0.1) is 0 Å². The highest BCUT2D eigenvalue weighted by molar-refractivity contribution is 5.68. The molecule has 5 nitrogen and oxygen atoms in total. The van der Waals surface area contributed by atoms with E-state index in [1.165, 1.54) is 0 Å². The Bertz CT molecular complexity index is 478. The average molecular weight is 323 g/mol. The van der Waals surface area contributed by atoms with Crippen LogP contribution in [-0.2, 0) is 9.47 Å². The number of carbonyl (C=O) groups excluding carboxylic acids is 1. The fraction of sp³-hybridized carbons (Fsp3) is 0.722. The SMILES string of the molecule is C[C@H](OCC[C@@H]1CCCCN1C(=O)OC(C)(C)C)c1ccco1. The molecule has 1 fully saturated rings. The van der Waals surface area contributed by atoms with E-state index in [1.807, 2.05) is 44.7 Å². The second-order valence-corrected chi connectivity index (χ2v) is 7.14. The highest BCUT2D eigenvalue weighted by atomic mass is 16.6. The summed E-state index contributed by atoms with van der Waals surface area (Å²) in [7, 11) is 0. The molecule has 1 aliphatic heterocycles. The molecule has 1 saturated heterocycles. The van der Waals surface area contributed by atoms with Gasteiger partial charge in [-0.25, -0.2) is 4.79 Å². The Hall–Kier alpha value is -1.49. The second-order valence-electron chi connectivity index (χ2n) is 7.14. The molecule has 1 aromatic rings. The Morgan fingerprint density at radius 1 is 1.43 bits per heavy atom. The quantitative estimate of drug-likeness (QED) is 0.798. The number of hydrogen-bond acceptors (Lipinski definition) is 4. The first-order valence-corrected chi connectivity index (χ1v) is 8.51. The molecule has 2 heterocycles. The van der Waals surface area contributed by atoms with Gasteiger partial charge >= 0.3 is 6.09 Å². The molecule has 2 rings (SSSR count). The molecule has 0 bridgehead atoms. The summed E-state index contributed by atoms with van der Waals surface area (Å²) in [6.45, 7) is 9.05. The van der Waals surface area contributed by atoms with Crippen LogP contribution in [0, 0.1) is 0 Å². The second kappa shape index (κ2) is 7.86. The predicted octanol–water partition coefficient (Wildman–Crippen LogP) is 4.54. The summed E-state index contributed by atoms with van der Waals surface area (Å²) in [6, 6.07) is 3.97. The third-order valence-electron chi connectivity index (χ3n) is 4.02. The van der Waals surface area contributed by atoms with Crippen molar-refractivity contribution in [1.82, 2.24) is 4.90 Å². The molecule has 1 aliphatic rings. The van der Waals surface area contributed by atoms with Crippen molar-refractivity contribution in [1.29, 1.82) is 0 Å². The normalized spacial score (nSPS) is 20.3. The Kier molecular flexibility index (Phi) is 6.10. The first-order valence-electron chi connectivity index (χ1n) is 8.51. The maximum Gasteiger partial charge on any atom is 0.410 e. The monoisotopic (exact) mass is 323 g/mol. The van der Waals surface area contributed by atoms with Gasteiger partial charge in [0.2, 0.25) is 0 Å². The summed E-state index contributed by atoms with van der Waals surface area (Å²) in [6.07, 6.45) is 5.41. The lowest BCUT2D eigenvalue weighted by Gasteiger charge is -2.36. The van der Waals surface area contributed by atoms with Crippen molar-refractivity contribution in [2.24, 2.45) is 0 Å². The van der Waals surface area contributed by atoms with Gasteiger partial charge in [-0.2, -0.15) is 0 Å². The van der Waals surface area contributed by atoms with Crippen molar-refractivity contribution >= 4 is 6.09 Å². The zero-order valence-corrected chi connectivity index (χ0v) is 14.7. The average Bonchev–Trinajstić information content (AvgIpc) is 3.00. The van der Waals surface area contributed by atoms with E-state index in [2.05, 4.69) is 0 Å². The maximum absolute atomic E-state index is 12.4. The fourth-order valence-corrected chi connectivity index (χ4v) is 2.85. The number of hydrogen-bond donors (Lipinski definition) is 0. The minimum Gasteiger partial charge on any atom is -0.467 e. The van der Waals surface area contributed by atoms with E-state index >= 15 is 0 Å². The largest absolute Gasteiger partial charge is 0.467 e. The molecule has 5 heteroatoms. The summed E-state index contributed by atoms with van der Waals surface area (Å²) >= 11 is 0. The van der Waals surface area contributed by atoms with Gasteiger partial charge in [-0.1, -0.05) is 0 Å². The van der Waals surface area contributed by atoms with Crippen LogP contribution in [0.15, 0.2) is 22.8 Å². The molecule has 2 atom stereocenters. The van der Waals surface area contributed by atoms with Crippen LogP contribution in [0.1, 0.15) is 65.2 Å². The van der Waals surface area contributed by atoms with E-state index in [4.69, 9.17) is 13.9 Å². The molecule has 130 valence electrons. The number of amides is 1. The number of carbonyl (C=O) groups is 1. The smallest absolute Gasteiger partial charge is 0.410 e. The molecule has 1 amide bonds. The number of nitrogens with zero attached hydrogens (tertiary/aromatic N) is 1. The Labute approximate surface area is 138 Å². The lowest BCUT2D eigenvalue weighted by atomic mass is 10.0. The molecular formula is C18H29NO4. The van der Waals surface area contributed by atoms with Crippen LogP contribution in [0.5, 0.6) is 0 Å². The molecule has 0 saturated carbocycles. The van der Waals surface area contributed by atoms with Gasteiger partial charge < -0.3 is 18.8 Å². The van der Waals surface area contributed by atoms with E-state index in [-0.39, 0.29) is 18.2 Å².